The van der Waals surface area contributed by atoms with Crippen LogP contribution in [0, 0.1) is 5.82 Å². The highest BCUT2D eigenvalue weighted by Gasteiger charge is 2.19. The fourth-order valence-electron chi connectivity index (χ4n) is 2.33. The van der Waals surface area contributed by atoms with Gasteiger partial charge in [-0.15, -0.1) is 0 Å². The number of sulfonamides is 1. The van der Waals surface area contributed by atoms with Gasteiger partial charge in [0.2, 0.25) is 11.8 Å². The number of benzene rings is 2. The van der Waals surface area contributed by atoms with E-state index < -0.39 is 20.7 Å². The summed E-state index contributed by atoms with van der Waals surface area (Å²) in [7, 11) is -1.17. The summed E-state index contributed by atoms with van der Waals surface area (Å²) in [5.41, 5.74) is 0.853. The Hall–Kier alpha value is -2.91. The minimum atomic E-state index is -4.11. The zero-order valence-corrected chi connectivity index (χ0v) is 16.4. The number of rotatable bonds is 6. The molecule has 3 aromatic rings. The monoisotopic (exact) mass is 423 g/mol. The van der Waals surface area contributed by atoms with Gasteiger partial charge in [0.05, 0.1) is 20.3 Å². The number of ether oxygens (including phenoxy) is 2. The Balaban J connectivity index is 1.87. The molecule has 0 saturated carbocycles. The van der Waals surface area contributed by atoms with Gasteiger partial charge in [0, 0.05) is 16.3 Å². The lowest BCUT2D eigenvalue weighted by molar-refractivity contribution is 0.372. The highest BCUT2D eigenvalue weighted by molar-refractivity contribution is 7.92. The van der Waals surface area contributed by atoms with E-state index in [9.17, 15) is 12.8 Å². The minimum Gasteiger partial charge on any atom is -0.481 e. The first kappa shape index (κ1) is 19.8. The molecule has 146 valence electrons. The molecule has 0 aliphatic carbocycles. The average molecular weight is 424 g/mol. The van der Waals surface area contributed by atoms with Crippen LogP contribution < -0.4 is 14.2 Å². The number of aromatic nitrogens is 2. The smallest absolute Gasteiger partial charge is 0.264 e. The van der Waals surface area contributed by atoms with E-state index in [2.05, 4.69) is 14.7 Å². The van der Waals surface area contributed by atoms with Crippen molar-refractivity contribution in [2.45, 2.75) is 4.90 Å². The normalized spacial score (nSPS) is 11.1. The summed E-state index contributed by atoms with van der Waals surface area (Å²) in [4.78, 5) is 7.96. The maximum Gasteiger partial charge on any atom is 0.264 e. The van der Waals surface area contributed by atoms with Crippen LogP contribution in [0.25, 0.3) is 11.4 Å². The number of anilines is 1. The van der Waals surface area contributed by atoms with Gasteiger partial charge in [0.25, 0.3) is 10.0 Å². The molecule has 2 aromatic carbocycles. The molecule has 0 bridgehead atoms. The fourth-order valence-corrected chi connectivity index (χ4v) is 3.61. The first-order valence-electron chi connectivity index (χ1n) is 7.88. The van der Waals surface area contributed by atoms with Gasteiger partial charge >= 0.3 is 0 Å². The summed E-state index contributed by atoms with van der Waals surface area (Å²) < 4.78 is 51.3. The molecule has 1 N–H and O–H groups in total. The fraction of sp³-hybridized carbons (Fsp3) is 0.111. The van der Waals surface area contributed by atoms with Crippen LogP contribution in [-0.2, 0) is 10.0 Å². The Morgan fingerprint density at radius 3 is 2.11 bits per heavy atom. The predicted molar refractivity (Wildman–Crippen MR) is 103 cm³/mol. The molecule has 10 heteroatoms. The third kappa shape index (κ3) is 4.32. The lowest BCUT2D eigenvalue weighted by Gasteiger charge is -2.10. The van der Waals surface area contributed by atoms with Crippen molar-refractivity contribution in [3.8, 4) is 23.1 Å². The van der Waals surface area contributed by atoms with Crippen LogP contribution >= 0.6 is 11.6 Å². The highest BCUT2D eigenvalue weighted by Crippen LogP contribution is 2.25. The summed E-state index contributed by atoms with van der Waals surface area (Å²) in [6.45, 7) is 0. The Labute approximate surface area is 166 Å². The molecule has 3 rings (SSSR count). The van der Waals surface area contributed by atoms with Gasteiger partial charge in [0.15, 0.2) is 5.82 Å². The van der Waals surface area contributed by atoms with E-state index in [0.717, 1.165) is 12.1 Å². The summed E-state index contributed by atoms with van der Waals surface area (Å²) in [5.74, 6) is 0.0533. The van der Waals surface area contributed by atoms with E-state index in [1.165, 1.54) is 38.5 Å². The Morgan fingerprint density at radius 1 is 0.964 bits per heavy atom. The molecule has 28 heavy (non-hydrogen) atoms. The largest absolute Gasteiger partial charge is 0.481 e. The first-order chi connectivity index (χ1) is 13.3. The molecule has 7 nitrogen and oxygen atoms in total. The zero-order chi connectivity index (χ0) is 20.3. The van der Waals surface area contributed by atoms with Gasteiger partial charge in [-0.2, -0.15) is 9.97 Å². The van der Waals surface area contributed by atoms with Crippen molar-refractivity contribution in [1.82, 2.24) is 9.97 Å². The highest BCUT2D eigenvalue weighted by atomic mass is 35.5. The van der Waals surface area contributed by atoms with Crippen molar-refractivity contribution in [2.24, 2.45) is 0 Å². The van der Waals surface area contributed by atoms with Crippen LogP contribution in [-0.4, -0.2) is 32.6 Å². The molecule has 1 aromatic heterocycles. The van der Waals surface area contributed by atoms with E-state index in [-0.39, 0.29) is 10.7 Å². The summed E-state index contributed by atoms with van der Waals surface area (Å²) in [6.07, 6.45) is 0. The molecule has 0 amide bonds. The average Bonchev–Trinajstić information content (AvgIpc) is 2.67. The second-order valence-corrected chi connectivity index (χ2v) is 7.62. The third-order valence-electron chi connectivity index (χ3n) is 3.68. The van der Waals surface area contributed by atoms with Crippen molar-refractivity contribution >= 4 is 27.3 Å². The SMILES string of the molecule is COc1cc(OC)nc(-c2ccc(NS(=O)(=O)c3ccc(Cl)cc3F)cc2)n1. The van der Waals surface area contributed by atoms with Crippen molar-refractivity contribution in [2.75, 3.05) is 18.9 Å². The third-order valence-corrected chi connectivity index (χ3v) is 5.33. The molecule has 0 saturated heterocycles. The molecule has 0 aliphatic rings. The van der Waals surface area contributed by atoms with E-state index in [4.69, 9.17) is 21.1 Å². The van der Waals surface area contributed by atoms with Gasteiger partial charge in [-0.1, -0.05) is 11.6 Å². The van der Waals surface area contributed by atoms with Crippen molar-refractivity contribution in [3.05, 3.63) is 59.4 Å². The molecule has 0 atom stereocenters. The molecule has 0 radical (unpaired) electrons. The lowest BCUT2D eigenvalue weighted by atomic mass is 10.2. The van der Waals surface area contributed by atoms with Gasteiger partial charge in [-0.25, -0.2) is 12.8 Å². The second kappa shape index (κ2) is 7.99. The van der Waals surface area contributed by atoms with E-state index in [0.29, 0.717) is 23.1 Å². The van der Waals surface area contributed by atoms with Crippen molar-refractivity contribution in [1.29, 1.82) is 0 Å². The van der Waals surface area contributed by atoms with Gasteiger partial charge in [-0.3, -0.25) is 4.72 Å². The number of nitrogens with zero attached hydrogens (tertiary/aromatic N) is 2. The number of methoxy groups -OCH3 is 2. The summed E-state index contributed by atoms with van der Waals surface area (Å²) in [5, 5.41) is 0.106. The molecular weight excluding hydrogens is 409 g/mol. The Morgan fingerprint density at radius 2 is 1.57 bits per heavy atom. The maximum atomic E-state index is 13.9. The predicted octanol–water partition coefficient (Wildman–Crippen LogP) is 3.75. The molecule has 1 heterocycles. The molecule has 0 aliphatic heterocycles. The standard InChI is InChI=1S/C18H15ClFN3O4S/c1-26-16-10-17(27-2)22-18(21-16)11-3-6-13(7-4-11)23-28(24,25)15-8-5-12(19)9-14(15)20/h3-10,23H,1-2H3. The molecule has 0 unspecified atom stereocenters. The summed E-state index contributed by atoms with van der Waals surface area (Å²) in [6, 6.07) is 11.1. The van der Waals surface area contributed by atoms with E-state index in [1.54, 1.807) is 12.1 Å². The minimum absolute atomic E-state index is 0.106. The first-order valence-corrected chi connectivity index (χ1v) is 9.74. The maximum absolute atomic E-state index is 13.9. The number of halogens is 2. The lowest BCUT2D eigenvalue weighted by Crippen LogP contribution is -2.14. The van der Waals surface area contributed by atoms with Gasteiger partial charge in [-0.05, 0) is 42.5 Å². The van der Waals surface area contributed by atoms with Crippen LogP contribution in [0.5, 0.6) is 11.8 Å². The molecule has 0 fully saturated rings. The Kier molecular flexibility index (Phi) is 5.66. The van der Waals surface area contributed by atoms with Crippen LogP contribution in [0.4, 0.5) is 10.1 Å². The quantitative estimate of drug-likeness (QED) is 0.649. The zero-order valence-electron chi connectivity index (χ0n) is 14.8. The van der Waals surface area contributed by atoms with E-state index in [1.807, 2.05) is 0 Å². The van der Waals surface area contributed by atoms with Crippen LogP contribution in [0.2, 0.25) is 5.02 Å². The van der Waals surface area contributed by atoms with Crippen LogP contribution in [0.1, 0.15) is 0 Å². The number of hydrogen-bond donors (Lipinski definition) is 1. The van der Waals surface area contributed by atoms with Crippen LogP contribution in [0.15, 0.2) is 53.4 Å². The Bertz CT molecular complexity index is 1090. The van der Waals surface area contributed by atoms with Crippen molar-refractivity contribution < 1.29 is 22.3 Å². The van der Waals surface area contributed by atoms with Gasteiger partial charge < -0.3 is 9.47 Å². The topological polar surface area (TPSA) is 90.4 Å². The molecule has 0 spiro atoms. The van der Waals surface area contributed by atoms with E-state index >= 15 is 0 Å². The summed E-state index contributed by atoms with van der Waals surface area (Å²) >= 11 is 5.66. The number of nitrogens with one attached hydrogen (secondary N) is 1. The number of hydrogen-bond acceptors (Lipinski definition) is 6. The van der Waals surface area contributed by atoms with Crippen molar-refractivity contribution in [3.63, 3.8) is 0 Å². The van der Waals surface area contributed by atoms with Gasteiger partial charge in [0.1, 0.15) is 10.7 Å². The second-order valence-electron chi connectivity index (χ2n) is 5.53. The molecular formula is C18H15ClFN3O4S. The van der Waals surface area contributed by atoms with Crippen LogP contribution in [0.3, 0.4) is 0 Å².